The molecule has 1 aromatic carbocycles. The number of rotatable bonds is 4. The summed E-state index contributed by atoms with van der Waals surface area (Å²) in [5.41, 5.74) is 2.65. The molecule has 0 fully saturated rings. The molecule has 0 atom stereocenters. The van der Waals surface area contributed by atoms with Crippen molar-refractivity contribution in [2.75, 3.05) is 0 Å². The molecule has 0 radical (unpaired) electrons. The highest BCUT2D eigenvalue weighted by atomic mass is 79.9. The average molecular weight is 419 g/mol. The Morgan fingerprint density at radius 1 is 1.23 bits per heavy atom. The minimum absolute atomic E-state index is 0.151. The van der Waals surface area contributed by atoms with Crippen LogP contribution in [-0.2, 0) is 25.4 Å². The molecule has 9 nitrogen and oxygen atoms in total. The average Bonchev–Trinajstić information content (AvgIpc) is 3.03. The fourth-order valence-corrected chi connectivity index (χ4v) is 2.70. The molecule has 0 aliphatic carbocycles. The number of nitrogens with zero attached hydrogens (tertiary/aromatic N) is 5. The summed E-state index contributed by atoms with van der Waals surface area (Å²) in [6.45, 7) is -0.151. The standard InChI is InChI=1S/C16H15BrN6O3/c1-21-14-13(15(25)22(2)16(21)26)23(9-18-14)8-12(24)20-19-7-10-3-5-11(17)6-4-10/h3-7,9H,8H2,1-2H3,(H,20,24)/b19-7-. The van der Waals surface area contributed by atoms with Crippen molar-refractivity contribution < 1.29 is 4.79 Å². The van der Waals surface area contributed by atoms with Crippen LogP contribution in [0.3, 0.4) is 0 Å². The lowest BCUT2D eigenvalue weighted by Crippen LogP contribution is -2.38. The summed E-state index contributed by atoms with van der Waals surface area (Å²) in [5, 5.41) is 3.89. The molecular formula is C16H15BrN6O3. The maximum atomic E-state index is 12.3. The first kappa shape index (κ1) is 17.8. The number of nitrogens with one attached hydrogen (secondary N) is 1. The number of aryl methyl sites for hydroxylation is 1. The van der Waals surface area contributed by atoms with Gasteiger partial charge in [0.05, 0.1) is 12.5 Å². The number of halogens is 1. The Hall–Kier alpha value is -3.01. The van der Waals surface area contributed by atoms with Gasteiger partial charge in [-0.1, -0.05) is 28.1 Å². The number of hydrogen-bond acceptors (Lipinski definition) is 5. The Kier molecular flexibility index (Phi) is 4.85. The largest absolute Gasteiger partial charge is 0.332 e. The normalized spacial score (nSPS) is 11.3. The molecule has 0 aliphatic rings. The van der Waals surface area contributed by atoms with Gasteiger partial charge in [-0.25, -0.2) is 15.2 Å². The SMILES string of the molecule is Cn1c(=O)c2c(ncn2CC(=O)N/N=C\c2ccc(Br)cc2)n(C)c1=O. The minimum atomic E-state index is -0.508. The molecule has 0 saturated carbocycles. The molecule has 2 aromatic heterocycles. The monoisotopic (exact) mass is 418 g/mol. The fraction of sp³-hybridized carbons (Fsp3) is 0.188. The van der Waals surface area contributed by atoms with Crippen LogP contribution in [0, 0.1) is 0 Å². The molecule has 1 N–H and O–H groups in total. The van der Waals surface area contributed by atoms with Crippen molar-refractivity contribution in [3.05, 3.63) is 61.5 Å². The van der Waals surface area contributed by atoms with Crippen molar-refractivity contribution in [3.63, 3.8) is 0 Å². The second-order valence-corrected chi connectivity index (χ2v) is 6.51. The van der Waals surface area contributed by atoms with E-state index in [1.807, 2.05) is 24.3 Å². The molecule has 0 saturated heterocycles. The van der Waals surface area contributed by atoms with E-state index < -0.39 is 17.2 Å². The smallest absolute Gasteiger partial charge is 0.315 e. The van der Waals surface area contributed by atoms with Crippen LogP contribution in [0.15, 0.2) is 49.8 Å². The van der Waals surface area contributed by atoms with Crippen LogP contribution in [0.1, 0.15) is 5.56 Å². The third kappa shape index (κ3) is 3.36. The van der Waals surface area contributed by atoms with Gasteiger partial charge in [-0.05, 0) is 17.7 Å². The fourth-order valence-electron chi connectivity index (χ4n) is 2.43. The van der Waals surface area contributed by atoms with Gasteiger partial charge < -0.3 is 4.57 Å². The molecule has 26 heavy (non-hydrogen) atoms. The number of aromatic nitrogens is 4. The summed E-state index contributed by atoms with van der Waals surface area (Å²) in [7, 11) is 2.90. The minimum Gasteiger partial charge on any atom is -0.315 e. The van der Waals surface area contributed by atoms with Gasteiger partial charge in [-0.3, -0.25) is 18.7 Å². The van der Waals surface area contributed by atoms with Gasteiger partial charge in [0.1, 0.15) is 6.54 Å². The van der Waals surface area contributed by atoms with Gasteiger partial charge in [-0.15, -0.1) is 0 Å². The predicted octanol–water partition coefficient (Wildman–Crippen LogP) is 0.347. The summed E-state index contributed by atoms with van der Waals surface area (Å²) >= 11 is 3.34. The lowest BCUT2D eigenvalue weighted by molar-refractivity contribution is -0.121. The van der Waals surface area contributed by atoms with E-state index in [1.165, 1.54) is 35.8 Å². The van der Waals surface area contributed by atoms with Crippen molar-refractivity contribution >= 4 is 39.2 Å². The van der Waals surface area contributed by atoms with Gasteiger partial charge in [-0.2, -0.15) is 5.10 Å². The first-order chi connectivity index (χ1) is 12.4. The molecule has 10 heteroatoms. The second kappa shape index (κ2) is 7.08. The number of benzene rings is 1. The zero-order valence-corrected chi connectivity index (χ0v) is 15.6. The highest BCUT2D eigenvalue weighted by Crippen LogP contribution is 2.09. The van der Waals surface area contributed by atoms with E-state index in [4.69, 9.17) is 0 Å². The zero-order valence-electron chi connectivity index (χ0n) is 14.0. The Balaban J connectivity index is 1.79. The molecule has 0 spiro atoms. The lowest BCUT2D eigenvalue weighted by atomic mass is 10.2. The number of carbonyl (C=O) groups excluding carboxylic acids is 1. The molecule has 0 aliphatic heterocycles. The van der Waals surface area contributed by atoms with Gasteiger partial charge in [0.2, 0.25) is 0 Å². The van der Waals surface area contributed by atoms with E-state index >= 15 is 0 Å². The molecular weight excluding hydrogens is 404 g/mol. The van der Waals surface area contributed by atoms with Crippen LogP contribution in [0.4, 0.5) is 0 Å². The molecule has 0 unspecified atom stereocenters. The van der Waals surface area contributed by atoms with Crippen molar-refractivity contribution in [1.82, 2.24) is 24.1 Å². The zero-order chi connectivity index (χ0) is 18.8. The Morgan fingerprint density at radius 2 is 1.92 bits per heavy atom. The van der Waals surface area contributed by atoms with Crippen molar-refractivity contribution in [3.8, 4) is 0 Å². The highest BCUT2D eigenvalue weighted by Gasteiger charge is 2.15. The van der Waals surface area contributed by atoms with Gasteiger partial charge in [0.25, 0.3) is 11.5 Å². The van der Waals surface area contributed by atoms with Crippen molar-refractivity contribution in [1.29, 1.82) is 0 Å². The first-order valence-electron chi connectivity index (χ1n) is 7.57. The van der Waals surface area contributed by atoms with E-state index in [1.54, 1.807) is 0 Å². The molecule has 2 heterocycles. The number of hydrogen-bond donors (Lipinski definition) is 1. The Morgan fingerprint density at radius 3 is 2.62 bits per heavy atom. The quantitative estimate of drug-likeness (QED) is 0.487. The molecule has 3 aromatic rings. The van der Waals surface area contributed by atoms with E-state index in [2.05, 4.69) is 31.4 Å². The van der Waals surface area contributed by atoms with Crippen LogP contribution in [0.2, 0.25) is 0 Å². The number of imidazole rings is 1. The highest BCUT2D eigenvalue weighted by molar-refractivity contribution is 9.10. The van der Waals surface area contributed by atoms with E-state index in [-0.39, 0.29) is 17.7 Å². The molecule has 0 bridgehead atoms. The van der Waals surface area contributed by atoms with Crippen LogP contribution >= 0.6 is 15.9 Å². The summed E-state index contributed by atoms with van der Waals surface area (Å²) < 4.78 is 4.57. The third-order valence-corrected chi connectivity index (χ3v) is 4.33. The van der Waals surface area contributed by atoms with Gasteiger partial charge in [0, 0.05) is 18.6 Å². The van der Waals surface area contributed by atoms with E-state index in [0.717, 1.165) is 14.6 Å². The van der Waals surface area contributed by atoms with Gasteiger partial charge in [0.15, 0.2) is 11.2 Å². The topological polar surface area (TPSA) is 103 Å². The Bertz CT molecular complexity index is 1120. The van der Waals surface area contributed by atoms with Crippen molar-refractivity contribution in [2.24, 2.45) is 19.2 Å². The number of amides is 1. The van der Waals surface area contributed by atoms with Gasteiger partial charge >= 0.3 is 5.69 Å². The first-order valence-corrected chi connectivity index (χ1v) is 8.36. The Labute approximate surface area is 155 Å². The van der Waals surface area contributed by atoms with Crippen LogP contribution < -0.4 is 16.7 Å². The molecule has 134 valence electrons. The van der Waals surface area contributed by atoms with Crippen molar-refractivity contribution in [2.45, 2.75) is 6.54 Å². The summed E-state index contributed by atoms with van der Waals surface area (Å²) in [6, 6.07) is 7.41. The summed E-state index contributed by atoms with van der Waals surface area (Å²) in [5.74, 6) is -0.423. The summed E-state index contributed by atoms with van der Waals surface area (Å²) in [6.07, 6.45) is 2.86. The second-order valence-electron chi connectivity index (χ2n) is 5.60. The van der Waals surface area contributed by atoms with Crippen LogP contribution in [0.5, 0.6) is 0 Å². The summed E-state index contributed by atoms with van der Waals surface area (Å²) in [4.78, 5) is 40.4. The van der Waals surface area contributed by atoms with Crippen LogP contribution in [0.25, 0.3) is 11.2 Å². The predicted molar refractivity (Wildman–Crippen MR) is 100 cm³/mol. The number of hydrazone groups is 1. The number of carbonyl (C=O) groups is 1. The molecule has 1 amide bonds. The van der Waals surface area contributed by atoms with Crippen LogP contribution in [-0.4, -0.2) is 30.8 Å². The lowest BCUT2D eigenvalue weighted by Gasteiger charge is -2.05. The van der Waals surface area contributed by atoms with E-state index in [0.29, 0.717) is 0 Å². The maximum Gasteiger partial charge on any atom is 0.332 e. The molecule has 3 rings (SSSR count). The van der Waals surface area contributed by atoms with E-state index in [9.17, 15) is 14.4 Å². The number of fused-ring (bicyclic) bond motifs is 1. The maximum absolute atomic E-state index is 12.3. The third-order valence-electron chi connectivity index (χ3n) is 3.80.